The number of fused-ring (bicyclic) bond motifs is 1. The number of rotatable bonds is 4. The van der Waals surface area contributed by atoms with Gasteiger partial charge in [-0.2, -0.15) is 0 Å². The number of nitrogens with zero attached hydrogens (tertiary/aromatic N) is 1. The Labute approximate surface area is 137 Å². The maximum atomic E-state index is 11.0. The number of benzene rings is 2. The summed E-state index contributed by atoms with van der Waals surface area (Å²) in [6, 6.07) is 9.89. The van der Waals surface area contributed by atoms with Crippen LogP contribution in [-0.2, 0) is 0 Å². The average molecular weight is 325 g/mol. The highest BCUT2D eigenvalue weighted by atomic mass is 16.5. The Balaban J connectivity index is 2.10. The fraction of sp³-hybridized carbons (Fsp3) is 0.111. The highest BCUT2D eigenvalue weighted by Gasteiger charge is 2.12. The van der Waals surface area contributed by atoms with Crippen molar-refractivity contribution < 1.29 is 24.5 Å². The summed E-state index contributed by atoms with van der Waals surface area (Å²) in [5.74, 6) is -0.276. The number of aromatic carboxylic acids is 1. The number of ether oxygens (including phenoxy) is 2. The van der Waals surface area contributed by atoms with E-state index in [1.807, 2.05) is 12.1 Å². The topological polar surface area (TPSA) is 88.9 Å². The van der Waals surface area contributed by atoms with Crippen LogP contribution in [-0.4, -0.2) is 35.4 Å². The molecule has 3 aromatic rings. The highest BCUT2D eigenvalue weighted by Crippen LogP contribution is 2.34. The highest BCUT2D eigenvalue weighted by molar-refractivity contribution is 5.92. The fourth-order valence-electron chi connectivity index (χ4n) is 2.51. The summed E-state index contributed by atoms with van der Waals surface area (Å²) >= 11 is 0. The largest absolute Gasteiger partial charge is 0.507 e. The first-order chi connectivity index (χ1) is 11.5. The first kappa shape index (κ1) is 15.6. The van der Waals surface area contributed by atoms with E-state index in [0.717, 1.165) is 16.5 Å². The SMILES string of the molecule is COc1cc2cc(-c3ccc(C(=O)O)c(O)c3)cnc2cc1OC. The van der Waals surface area contributed by atoms with E-state index in [-0.39, 0.29) is 11.3 Å². The van der Waals surface area contributed by atoms with Crippen LogP contribution in [0.4, 0.5) is 0 Å². The number of methoxy groups -OCH3 is 2. The third-order valence-electron chi connectivity index (χ3n) is 3.75. The van der Waals surface area contributed by atoms with E-state index < -0.39 is 5.97 Å². The molecule has 1 heterocycles. The number of hydrogen-bond acceptors (Lipinski definition) is 5. The van der Waals surface area contributed by atoms with E-state index >= 15 is 0 Å². The Morgan fingerprint density at radius 3 is 2.33 bits per heavy atom. The van der Waals surface area contributed by atoms with E-state index in [2.05, 4.69) is 4.98 Å². The quantitative estimate of drug-likeness (QED) is 0.765. The first-order valence-electron chi connectivity index (χ1n) is 7.12. The molecule has 0 spiro atoms. The number of phenols is 1. The molecule has 6 heteroatoms. The van der Waals surface area contributed by atoms with Crippen molar-refractivity contribution in [3.8, 4) is 28.4 Å². The van der Waals surface area contributed by atoms with Crippen LogP contribution in [0.3, 0.4) is 0 Å². The first-order valence-corrected chi connectivity index (χ1v) is 7.12. The van der Waals surface area contributed by atoms with E-state index in [4.69, 9.17) is 14.6 Å². The lowest BCUT2D eigenvalue weighted by Crippen LogP contribution is -1.96. The summed E-state index contributed by atoms with van der Waals surface area (Å²) < 4.78 is 10.5. The second-order valence-electron chi connectivity index (χ2n) is 5.16. The summed E-state index contributed by atoms with van der Waals surface area (Å²) in [6.45, 7) is 0. The third-order valence-corrected chi connectivity index (χ3v) is 3.75. The standard InChI is InChI=1S/C18H15NO5/c1-23-16-7-11-5-12(9-19-14(11)8-17(16)24-2)10-3-4-13(18(21)22)15(20)6-10/h3-9,20H,1-2H3,(H,21,22). The van der Waals surface area contributed by atoms with Gasteiger partial charge < -0.3 is 19.7 Å². The molecule has 0 aliphatic carbocycles. The van der Waals surface area contributed by atoms with Crippen molar-refractivity contribution in [2.24, 2.45) is 0 Å². The van der Waals surface area contributed by atoms with Crippen LogP contribution in [0.15, 0.2) is 42.6 Å². The molecule has 0 unspecified atom stereocenters. The maximum absolute atomic E-state index is 11.0. The van der Waals surface area contributed by atoms with Gasteiger partial charge in [-0.05, 0) is 29.8 Å². The molecule has 6 nitrogen and oxygen atoms in total. The molecule has 0 aliphatic rings. The summed E-state index contributed by atoms with van der Waals surface area (Å²) in [6.07, 6.45) is 1.66. The summed E-state index contributed by atoms with van der Waals surface area (Å²) in [5.41, 5.74) is 2.02. The van der Waals surface area contributed by atoms with Gasteiger partial charge in [0.05, 0.1) is 19.7 Å². The molecule has 0 aliphatic heterocycles. The van der Waals surface area contributed by atoms with E-state index in [1.165, 1.54) is 12.1 Å². The van der Waals surface area contributed by atoms with Crippen molar-refractivity contribution in [2.75, 3.05) is 14.2 Å². The summed E-state index contributed by atoms with van der Waals surface area (Å²) in [7, 11) is 3.12. The normalized spacial score (nSPS) is 10.6. The number of hydrogen-bond donors (Lipinski definition) is 2. The van der Waals surface area contributed by atoms with Gasteiger partial charge in [0.25, 0.3) is 0 Å². The molecule has 0 saturated carbocycles. The third kappa shape index (κ3) is 2.69. The fourth-order valence-corrected chi connectivity index (χ4v) is 2.51. The Kier molecular flexibility index (Phi) is 3.95. The van der Waals surface area contributed by atoms with Gasteiger partial charge in [0.1, 0.15) is 11.3 Å². The molecular formula is C18H15NO5. The molecule has 0 saturated heterocycles. The average Bonchev–Trinajstić information content (AvgIpc) is 2.59. The summed E-state index contributed by atoms with van der Waals surface area (Å²) in [5, 5.41) is 19.7. The number of carboxylic acids is 1. The van der Waals surface area contributed by atoms with Crippen molar-refractivity contribution >= 4 is 16.9 Å². The van der Waals surface area contributed by atoms with E-state index in [1.54, 1.807) is 32.5 Å². The lowest BCUT2D eigenvalue weighted by Gasteiger charge is -2.10. The van der Waals surface area contributed by atoms with Crippen LogP contribution in [0, 0.1) is 0 Å². The van der Waals surface area contributed by atoms with Crippen molar-refractivity contribution in [2.45, 2.75) is 0 Å². The number of carbonyl (C=O) groups is 1. The molecule has 2 N–H and O–H groups in total. The van der Waals surface area contributed by atoms with Crippen LogP contribution in [0.1, 0.15) is 10.4 Å². The monoisotopic (exact) mass is 325 g/mol. The zero-order valence-electron chi connectivity index (χ0n) is 13.1. The van der Waals surface area contributed by atoms with Gasteiger partial charge in [-0.25, -0.2) is 4.79 Å². The van der Waals surface area contributed by atoms with Crippen LogP contribution in [0.5, 0.6) is 17.2 Å². The number of pyridine rings is 1. The van der Waals surface area contributed by atoms with Crippen LogP contribution in [0.25, 0.3) is 22.0 Å². The number of carboxylic acid groups (broad SMARTS) is 1. The van der Waals surface area contributed by atoms with Crippen molar-refractivity contribution in [1.29, 1.82) is 0 Å². The molecule has 2 aromatic carbocycles. The van der Waals surface area contributed by atoms with Crippen molar-refractivity contribution in [3.63, 3.8) is 0 Å². The van der Waals surface area contributed by atoms with Crippen molar-refractivity contribution in [1.82, 2.24) is 4.98 Å². The van der Waals surface area contributed by atoms with Crippen LogP contribution < -0.4 is 9.47 Å². The van der Waals surface area contributed by atoms with Gasteiger partial charge in [0.15, 0.2) is 11.5 Å². The maximum Gasteiger partial charge on any atom is 0.339 e. The minimum atomic E-state index is -1.17. The molecule has 0 radical (unpaired) electrons. The molecule has 0 amide bonds. The minimum absolute atomic E-state index is 0.140. The number of aromatic nitrogens is 1. The lowest BCUT2D eigenvalue weighted by atomic mass is 10.0. The molecule has 0 bridgehead atoms. The van der Waals surface area contributed by atoms with Gasteiger partial charge in [-0.15, -0.1) is 0 Å². The molecular weight excluding hydrogens is 310 g/mol. The smallest absolute Gasteiger partial charge is 0.339 e. The van der Waals surface area contributed by atoms with Gasteiger partial charge >= 0.3 is 5.97 Å². The lowest BCUT2D eigenvalue weighted by molar-refractivity contribution is 0.0694. The Hall–Kier alpha value is -3.28. The van der Waals surface area contributed by atoms with Gasteiger partial charge in [-0.1, -0.05) is 6.07 Å². The van der Waals surface area contributed by atoms with Gasteiger partial charge in [0.2, 0.25) is 0 Å². The predicted molar refractivity (Wildman–Crippen MR) is 88.9 cm³/mol. The second-order valence-corrected chi connectivity index (χ2v) is 5.16. The zero-order valence-corrected chi connectivity index (χ0v) is 13.1. The molecule has 0 atom stereocenters. The second kappa shape index (κ2) is 6.08. The summed E-state index contributed by atoms with van der Waals surface area (Å²) in [4.78, 5) is 15.4. The molecule has 24 heavy (non-hydrogen) atoms. The minimum Gasteiger partial charge on any atom is -0.507 e. The van der Waals surface area contributed by atoms with Crippen LogP contribution in [0.2, 0.25) is 0 Å². The van der Waals surface area contributed by atoms with Crippen LogP contribution >= 0.6 is 0 Å². The number of aromatic hydroxyl groups is 1. The molecule has 3 rings (SSSR count). The van der Waals surface area contributed by atoms with E-state index in [9.17, 15) is 9.90 Å². The molecule has 122 valence electrons. The van der Waals surface area contributed by atoms with Gasteiger partial charge in [-0.3, -0.25) is 4.98 Å². The molecule has 1 aromatic heterocycles. The van der Waals surface area contributed by atoms with Gasteiger partial charge in [0, 0.05) is 23.2 Å². The van der Waals surface area contributed by atoms with Crippen molar-refractivity contribution in [3.05, 3.63) is 48.2 Å². The Morgan fingerprint density at radius 1 is 1.00 bits per heavy atom. The Morgan fingerprint density at radius 2 is 1.71 bits per heavy atom. The predicted octanol–water partition coefficient (Wildman–Crippen LogP) is 3.32. The molecule has 0 fully saturated rings. The zero-order chi connectivity index (χ0) is 17.3. The Bertz CT molecular complexity index is 936. The van der Waals surface area contributed by atoms with E-state index in [0.29, 0.717) is 17.1 Å².